The topological polar surface area (TPSA) is 104 Å². The predicted octanol–water partition coefficient (Wildman–Crippen LogP) is 2.52. The fourth-order valence-corrected chi connectivity index (χ4v) is 4.53. The standard InChI is InChI=1S/C18H21N5O3S/c1-2-11-6-8-18(9-7-11)16(25)23(17(26)20-18)10-14(24)19-12-4-3-5-13-15(12)22-27-21-13/h3-5,11H,2,6-10H2,1H3,(H,19,24)(H,20,26). The minimum absolute atomic E-state index is 0.286. The minimum atomic E-state index is -0.831. The van der Waals surface area contributed by atoms with Crippen LogP contribution in [0.3, 0.4) is 0 Å². The molecule has 1 aliphatic carbocycles. The molecule has 2 aliphatic rings. The van der Waals surface area contributed by atoms with Crippen LogP contribution >= 0.6 is 11.7 Å². The number of carbonyl (C=O) groups is 3. The van der Waals surface area contributed by atoms with Crippen molar-refractivity contribution in [1.29, 1.82) is 0 Å². The van der Waals surface area contributed by atoms with Crippen LogP contribution in [0.4, 0.5) is 10.5 Å². The number of rotatable bonds is 4. The van der Waals surface area contributed by atoms with Gasteiger partial charge in [0.2, 0.25) is 5.91 Å². The summed E-state index contributed by atoms with van der Waals surface area (Å²) in [4.78, 5) is 38.7. The maximum absolute atomic E-state index is 12.9. The van der Waals surface area contributed by atoms with Gasteiger partial charge in [0, 0.05) is 0 Å². The first kappa shape index (κ1) is 17.8. The number of urea groups is 1. The highest BCUT2D eigenvalue weighted by Gasteiger charge is 2.52. The molecule has 9 heteroatoms. The first-order valence-electron chi connectivity index (χ1n) is 9.17. The molecule has 2 fully saturated rings. The summed E-state index contributed by atoms with van der Waals surface area (Å²) in [5.41, 5.74) is 0.986. The Hall–Kier alpha value is -2.55. The Labute approximate surface area is 160 Å². The molecule has 0 bridgehead atoms. The molecule has 4 rings (SSSR count). The van der Waals surface area contributed by atoms with Crippen molar-refractivity contribution in [2.24, 2.45) is 5.92 Å². The second kappa shape index (κ2) is 6.88. The highest BCUT2D eigenvalue weighted by Crippen LogP contribution is 2.37. The molecule has 27 heavy (non-hydrogen) atoms. The first-order valence-corrected chi connectivity index (χ1v) is 9.91. The second-order valence-corrected chi connectivity index (χ2v) is 7.77. The van der Waals surface area contributed by atoms with Crippen molar-refractivity contribution in [3.8, 4) is 0 Å². The van der Waals surface area contributed by atoms with Crippen LogP contribution in [0.2, 0.25) is 0 Å². The summed E-state index contributed by atoms with van der Waals surface area (Å²) in [6.45, 7) is 1.84. The van der Waals surface area contributed by atoms with E-state index in [2.05, 4.69) is 26.3 Å². The van der Waals surface area contributed by atoms with Gasteiger partial charge in [-0.05, 0) is 43.7 Å². The summed E-state index contributed by atoms with van der Waals surface area (Å²) in [6.07, 6.45) is 4.19. The summed E-state index contributed by atoms with van der Waals surface area (Å²) in [6, 6.07) is 4.82. The third-order valence-electron chi connectivity index (χ3n) is 5.64. The zero-order chi connectivity index (χ0) is 19.0. The molecule has 2 heterocycles. The zero-order valence-electron chi connectivity index (χ0n) is 15.0. The Morgan fingerprint density at radius 1 is 1.33 bits per heavy atom. The highest BCUT2D eigenvalue weighted by molar-refractivity contribution is 7.00. The van der Waals surface area contributed by atoms with Crippen LogP contribution in [0.5, 0.6) is 0 Å². The molecule has 1 aromatic carbocycles. The van der Waals surface area contributed by atoms with E-state index >= 15 is 0 Å². The van der Waals surface area contributed by atoms with Gasteiger partial charge in [0.1, 0.15) is 23.1 Å². The van der Waals surface area contributed by atoms with E-state index in [-0.39, 0.29) is 12.5 Å². The molecule has 0 radical (unpaired) electrons. The number of anilines is 1. The molecular weight excluding hydrogens is 366 g/mol. The third-order valence-corrected chi connectivity index (χ3v) is 6.19. The van der Waals surface area contributed by atoms with Crippen LogP contribution in [0.25, 0.3) is 11.0 Å². The number of amides is 4. The number of carbonyl (C=O) groups excluding carboxylic acids is 3. The van der Waals surface area contributed by atoms with E-state index in [1.807, 2.05) is 6.07 Å². The maximum Gasteiger partial charge on any atom is 0.325 e. The lowest BCUT2D eigenvalue weighted by Crippen LogP contribution is -2.49. The average Bonchev–Trinajstić information content (AvgIpc) is 3.23. The van der Waals surface area contributed by atoms with Crippen molar-refractivity contribution in [1.82, 2.24) is 19.0 Å². The lowest BCUT2D eigenvalue weighted by molar-refractivity contribution is -0.135. The van der Waals surface area contributed by atoms with E-state index < -0.39 is 17.5 Å². The number of nitrogens with one attached hydrogen (secondary N) is 2. The van der Waals surface area contributed by atoms with E-state index in [0.29, 0.717) is 35.5 Å². The molecule has 1 spiro atoms. The van der Waals surface area contributed by atoms with Gasteiger partial charge in [-0.1, -0.05) is 19.4 Å². The molecule has 2 N–H and O–H groups in total. The van der Waals surface area contributed by atoms with E-state index in [9.17, 15) is 14.4 Å². The normalized spacial score (nSPS) is 25.2. The van der Waals surface area contributed by atoms with Gasteiger partial charge in [-0.15, -0.1) is 0 Å². The second-order valence-electron chi connectivity index (χ2n) is 7.24. The van der Waals surface area contributed by atoms with Gasteiger partial charge < -0.3 is 10.6 Å². The molecule has 1 saturated heterocycles. The van der Waals surface area contributed by atoms with Crippen molar-refractivity contribution in [3.05, 3.63) is 18.2 Å². The minimum Gasteiger partial charge on any atom is -0.323 e. The molecule has 142 valence electrons. The Kier molecular flexibility index (Phi) is 4.55. The number of nitrogens with zero attached hydrogens (tertiary/aromatic N) is 3. The van der Waals surface area contributed by atoms with Gasteiger partial charge >= 0.3 is 6.03 Å². The van der Waals surface area contributed by atoms with Crippen molar-refractivity contribution < 1.29 is 14.4 Å². The Morgan fingerprint density at radius 2 is 2.11 bits per heavy atom. The van der Waals surface area contributed by atoms with Crippen molar-refractivity contribution in [2.45, 2.75) is 44.6 Å². The molecule has 0 atom stereocenters. The molecule has 1 aliphatic heterocycles. The maximum atomic E-state index is 12.9. The number of hydrogen-bond acceptors (Lipinski definition) is 6. The molecular formula is C18H21N5O3S. The number of fused-ring (bicyclic) bond motifs is 1. The molecule has 8 nitrogen and oxygen atoms in total. The fourth-order valence-electron chi connectivity index (χ4n) is 3.98. The SMILES string of the molecule is CCC1CCC2(CC1)NC(=O)N(CC(=O)Nc1cccc3nsnc13)C2=O. The summed E-state index contributed by atoms with van der Waals surface area (Å²) in [5, 5.41) is 5.58. The number of aromatic nitrogens is 2. The van der Waals surface area contributed by atoms with E-state index in [0.717, 1.165) is 35.9 Å². The van der Waals surface area contributed by atoms with Crippen LogP contribution in [0, 0.1) is 5.92 Å². The summed E-state index contributed by atoms with van der Waals surface area (Å²) < 4.78 is 8.31. The lowest BCUT2D eigenvalue weighted by atomic mass is 9.75. The van der Waals surface area contributed by atoms with Gasteiger partial charge in [-0.3, -0.25) is 14.5 Å². The zero-order valence-corrected chi connectivity index (χ0v) is 15.8. The van der Waals surface area contributed by atoms with Crippen LogP contribution in [0.15, 0.2) is 18.2 Å². The number of hydrogen-bond donors (Lipinski definition) is 2. The monoisotopic (exact) mass is 387 g/mol. The van der Waals surface area contributed by atoms with E-state index in [4.69, 9.17) is 0 Å². The van der Waals surface area contributed by atoms with Crippen LogP contribution < -0.4 is 10.6 Å². The smallest absolute Gasteiger partial charge is 0.323 e. The molecule has 0 unspecified atom stereocenters. The van der Waals surface area contributed by atoms with Gasteiger partial charge in [0.15, 0.2) is 0 Å². The fraction of sp³-hybridized carbons (Fsp3) is 0.500. The number of benzene rings is 1. The molecule has 2 aromatic rings. The lowest BCUT2D eigenvalue weighted by Gasteiger charge is -2.34. The van der Waals surface area contributed by atoms with Crippen molar-refractivity contribution in [2.75, 3.05) is 11.9 Å². The van der Waals surface area contributed by atoms with Gasteiger partial charge in [0.05, 0.1) is 17.4 Å². The quantitative estimate of drug-likeness (QED) is 0.785. The van der Waals surface area contributed by atoms with Crippen LogP contribution in [-0.4, -0.2) is 43.6 Å². The van der Waals surface area contributed by atoms with Crippen molar-refractivity contribution >= 4 is 46.3 Å². The highest BCUT2D eigenvalue weighted by atomic mass is 32.1. The summed E-state index contributed by atoms with van der Waals surface area (Å²) in [7, 11) is 0. The predicted molar refractivity (Wildman–Crippen MR) is 101 cm³/mol. The summed E-state index contributed by atoms with van der Waals surface area (Å²) in [5.74, 6) is -0.117. The van der Waals surface area contributed by atoms with E-state index in [1.54, 1.807) is 12.1 Å². The first-order chi connectivity index (χ1) is 13.0. The van der Waals surface area contributed by atoms with Crippen LogP contribution in [-0.2, 0) is 9.59 Å². The Morgan fingerprint density at radius 3 is 2.85 bits per heavy atom. The Bertz CT molecular complexity index is 903. The Balaban J connectivity index is 1.45. The van der Waals surface area contributed by atoms with Gasteiger partial charge in [0.25, 0.3) is 5.91 Å². The molecule has 1 saturated carbocycles. The molecule has 1 aromatic heterocycles. The number of imide groups is 1. The summed E-state index contributed by atoms with van der Waals surface area (Å²) >= 11 is 1.06. The molecule has 4 amide bonds. The average molecular weight is 387 g/mol. The van der Waals surface area contributed by atoms with Gasteiger partial charge in [-0.2, -0.15) is 8.75 Å². The third kappa shape index (κ3) is 3.16. The largest absolute Gasteiger partial charge is 0.325 e. The van der Waals surface area contributed by atoms with Gasteiger partial charge in [-0.25, -0.2) is 4.79 Å². The van der Waals surface area contributed by atoms with Crippen molar-refractivity contribution in [3.63, 3.8) is 0 Å². The van der Waals surface area contributed by atoms with E-state index in [1.165, 1.54) is 0 Å². The van der Waals surface area contributed by atoms with Crippen LogP contribution in [0.1, 0.15) is 39.0 Å².